The van der Waals surface area contributed by atoms with Crippen LogP contribution < -0.4 is 0 Å². The first-order chi connectivity index (χ1) is 16.5. The smallest absolute Gasteiger partial charge is 0.343 e. The van der Waals surface area contributed by atoms with Gasteiger partial charge in [0.1, 0.15) is 18.4 Å². The van der Waals surface area contributed by atoms with Crippen LogP contribution in [0.4, 0.5) is 0 Å². The van der Waals surface area contributed by atoms with E-state index in [9.17, 15) is 9.36 Å². The molecule has 0 aliphatic heterocycles. The first kappa shape index (κ1) is 27.7. The number of benzene rings is 2. The van der Waals surface area contributed by atoms with Gasteiger partial charge in [-0.2, -0.15) is 0 Å². The Labute approximate surface area is 201 Å². The van der Waals surface area contributed by atoms with Gasteiger partial charge in [-0.15, -0.1) is 13.2 Å². The van der Waals surface area contributed by atoms with Crippen LogP contribution in [0.3, 0.4) is 0 Å². The molecule has 0 bridgehead atoms. The lowest BCUT2D eigenvalue weighted by molar-refractivity contribution is -0.140. The molecular weight excluding hydrogens is 455 g/mol. The molecule has 0 fully saturated rings. The summed E-state index contributed by atoms with van der Waals surface area (Å²) in [6, 6.07) is 19.2. The van der Waals surface area contributed by atoms with Crippen molar-refractivity contribution in [2.45, 2.75) is 32.3 Å². The summed E-state index contributed by atoms with van der Waals surface area (Å²) < 4.78 is 41.3. The van der Waals surface area contributed by atoms with Crippen molar-refractivity contribution in [3.63, 3.8) is 0 Å². The summed E-state index contributed by atoms with van der Waals surface area (Å²) in [5.41, 5.74) is 1.97. The van der Waals surface area contributed by atoms with Gasteiger partial charge in [0.15, 0.2) is 0 Å². The number of carbonyl (C=O) groups excluding carboxylic acids is 1. The Bertz CT molecular complexity index is 854. The van der Waals surface area contributed by atoms with Gasteiger partial charge >= 0.3 is 13.6 Å². The summed E-state index contributed by atoms with van der Waals surface area (Å²) in [6.45, 7) is 10.1. The molecule has 0 saturated heterocycles. The number of hydrogen-bond acceptors (Lipinski definition) is 7. The van der Waals surface area contributed by atoms with Crippen molar-refractivity contribution in [3.8, 4) is 0 Å². The molecule has 0 heterocycles. The number of ether oxygens (including phenoxy) is 3. The molecule has 0 N–H and O–H groups in total. The molecule has 0 saturated carbocycles. The van der Waals surface area contributed by atoms with Crippen LogP contribution in [0.1, 0.15) is 18.1 Å². The summed E-state index contributed by atoms with van der Waals surface area (Å²) in [7, 11) is -3.95. The van der Waals surface area contributed by atoms with Crippen LogP contribution in [0, 0.1) is 0 Å². The summed E-state index contributed by atoms with van der Waals surface area (Å²) in [6.07, 6.45) is 0.842. The molecule has 184 valence electrons. The summed E-state index contributed by atoms with van der Waals surface area (Å²) in [4.78, 5) is 12.1. The van der Waals surface area contributed by atoms with Gasteiger partial charge in [0, 0.05) is 0 Å². The van der Waals surface area contributed by atoms with Gasteiger partial charge in [0.05, 0.1) is 33.0 Å². The van der Waals surface area contributed by atoms with Crippen molar-refractivity contribution < 1.29 is 32.6 Å². The molecule has 0 amide bonds. The molecule has 2 aromatic rings. The molecule has 8 heteroatoms. The lowest BCUT2D eigenvalue weighted by atomic mass is 10.2. The Balaban J connectivity index is 1.98. The van der Waals surface area contributed by atoms with Gasteiger partial charge in [-0.1, -0.05) is 72.8 Å². The van der Waals surface area contributed by atoms with Crippen LogP contribution in [0.5, 0.6) is 0 Å². The molecule has 2 atom stereocenters. The van der Waals surface area contributed by atoms with Crippen molar-refractivity contribution in [1.29, 1.82) is 0 Å². The van der Waals surface area contributed by atoms with E-state index >= 15 is 0 Å². The average molecular weight is 489 g/mol. The van der Waals surface area contributed by atoms with E-state index in [4.69, 9.17) is 23.3 Å². The fourth-order valence-electron chi connectivity index (χ4n) is 2.89. The third-order valence-electron chi connectivity index (χ3n) is 4.53. The monoisotopic (exact) mass is 488 g/mol. The third kappa shape index (κ3) is 10.6. The lowest BCUT2D eigenvalue weighted by Gasteiger charge is -2.25. The molecule has 0 aliphatic rings. The van der Waals surface area contributed by atoms with E-state index in [-0.39, 0.29) is 19.8 Å². The minimum Gasteiger partial charge on any atom is -0.466 e. The zero-order valence-electron chi connectivity index (χ0n) is 19.5. The zero-order valence-corrected chi connectivity index (χ0v) is 20.4. The van der Waals surface area contributed by atoms with Crippen molar-refractivity contribution >= 4 is 13.6 Å². The largest absolute Gasteiger partial charge is 0.466 e. The molecule has 34 heavy (non-hydrogen) atoms. The van der Waals surface area contributed by atoms with Gasteiger partial charge < -0.3 is 14.2 Å². The minimum absolute atomic E-state index is 0.0812. The van der Waals surface area contributed by atoms with E-state index in [0.29, 0.717) is 13.2 Å². The first-order valence-corrected chi connectivity index (χ1v) is 12.8. The van der Waals surface area contributed by atoms with Crippen LogP contribution in [-0.2, 0) is 45.8 Å². The highest BCUT2D eigenvalue weighted by Crippen LogP contribution is 2.51. The molecule has 0 spiro atoms. The highest BCUT2D eigenvalue weighted by atomic mass is 31.2. The van der Waals surface area contributed by atoms with Crippen LogP contribution in [-0.4, -0.2) is 44.2 Å². The first-order valence-electron chi connectivity index (χ1n) is 11.1. The van der Waals surface area contributed by atoms with Crippen LogP contribution in [0.25, 0.3) is 0 Å². The second-order valence-electron chi connectivity index (χ2n) is 7.33. The summed E-state index contributed by atoms with van der Waals surface area (Å²) in [5.74, 6) is -0.688. The third-order valence-corrected chi connectivity index (χ3v) is 6.36. The van der Waals surface area contributed by atoms with Crippen molar-refractivity contribution in [1.82, 2.24) is 0 Å². The standard InChI is InChI=1S/C26H33O7P/c1-4-24(19-29-17-22-13-9-7-10-14-22)32-34(28,21-26(27)31-6-3)33-25(5-2)20-30-18-23-15-11-8-12-16-23/h4-5,7-16,24-25H,1-2,6,17-21H2,3H3/t24-,25-/m0/s1. The van der Waals surface area contributed by atoms with Crippen molar-refractivity contribution in [2.75, 3.05) is 26.0 Å². The van der Waals surface area contributed by atoms with E-state index < -0.39 is 31.9 Å². The van der Waals surface area contributed by atoms with E-state index in [1.54, 1.807) is 6.92 Å². The van der Waals surface area contributed by atoms with E-state index in [0.717, 1.165) is 11.1 Å². The highest BCUT2D eigenvalue weighted by Gasteiger charge is 2.34. The number of carbonyl (C=O) groups is 1. The Morgan fingerprint density at radius 1 is 0.853 bits per heavy atom. The number of esters is 1. The molecule has 0 radical (unpaired) electrons. The molecule has 7 nitrogen and oxygen atoms in total. The van der Waals surface area contributed by atoms with Crippen molar-refractivity contribution in [2.24, 2.45) is 0 Å². The van der Waals surface area contributed by atoms with Crippen LogP contribution in [0.2, 0.25) is 0 Å². The van der Waals surface area contributed by atoms with Crippen molar-refractivity contribution in [3.05, 3.63) is 97.1 Å². The van der Waals surface area contributed by atoms with Gasteiger partial charge in [-0.25, -0.2) is 0 Å². The Kier molecular flexibility index (Phi) is 12.5. The van der Waals surface area contributed by atoms with Gasteiger partial charge in [-0.3, -0.25) is 18.4 Å². The molecule has 2 rings (SSSR count). The van der Waals surface area contributed by atoms with Gasteiger partial charge in [-0.05, 0) is 18.1 Å². The SMILES string of the molecule is C=C[C@@H](COCc1ccccc1)OP(=O)(CC(=O)OCC)O[C@@H](C=C)COCc1ccccc1. The lowest BCUT2D eigenvalue weighted by Crippen LogP contribution is -2.24. The summed E-state index contributed by atoms with van der Waals surface area (Å²) in [5, 5.41) is 0. The molecule has 0 aromatic heterocycles. The maximum absolute atomic E-state index is 13.6. The quantitative estimate of drug-likeness (QED) is 0.169. The number of rotatable bonds is 17. The fraction of sp³-hybridized carbons (Fsp3) is 0.346. The van der Waals surface area contributed by atoms with E-state index in [1.807, 2.05) is 60.7 Å². The van der Waals surface area contributed by atoms with E-state index in [2.05, 4.69) is 13.2 Å². The Morgan fingerprint density at radius 3 is 1.68 bits per heavy atom. The topological polar surface area (TPSA) is 80.3 Å². The highest BCUT2D eigenvalue weighted by molar-refractivity contribution is 7.54. The normalized spacial score (nSPS) is 13.1. The van der Waals surface area contributed by atoms with Crippen LogP contribution in [0.15, 0.2) is 86.0 Å². The fourth-order valence-corrected chi connectivity index (χ4v) is 4.62. The maximum atomic E-state index is 13.6. The predicted octanol–water partition coefficient (Wildman–Crippen LogP) is 5.32. The van der Waals surface area contributed by atoms with E-state index in [1.165, 1.54) is 12.2 Å². The molecular formula is C26H33O7P. The van der Waals surface area contributed by atoms with Gasteiger partial charge in [0.2, 0.25) is 0 Å². The molecule has 0 unspecified atom stereocenters. The Hall–Kier alpha value is -2.54. The second-order valence-corrected chi connectivity index (χ2v) is 9.29. The molecule has 2 aromatic carbocycles. The number of hydrogen-bond donors (Lipinski definition) is 0. The zero-order chi connectivity index (χ0) is 24.7. The molecule has 0 aliphatic carbocycles. The summed E-state index contributed by atoms with van der Waals surface area (Å²) >= 11 is 0. The average Bonchev–Trinajstić information content (AvgIpc) is 2.84. The second kappa shape index (κ2) is 15.4. The van der Waals surface area contributed by atoms with Crippen LogP contribution >= 0.6 is 7.60 Å². The Morgan fingerprint density at radius 2 is 1.29 bits per heavy atom. The predicted molar refractivity (Wildman–Crippen MR) is 131 cm³/mol. The maximum Gasteiger partial charge on any atom is 0.343 e. The minimum atomic E-state index is -3.95. The van der Waals surface area contributed by atoms with Gasteiger partial charge in [0.25, 0.3) is 0 Å².